The molecule has 0 bridgehead atoms. The average Bonchev–Trinajstić information content (AvgIpc) is 3.60. The van der Waals surface area contributed by atoms with Crippen LogP contribution in [-0.2, 0) is 29.1 Å². The second-order valence-corrected chi connectivity index (χ2v) is 7.46. The molecule has 0 unspecified atom stereocenters. The molecule has 0 amide bonds. The van der Waals surface area contributed by atoms with Gasteiger partial charge in [0, 0.05) is 76.6 Å². The summed E-state index contributed by atoms with van der Waals surface area (Å²) in [5.41, 5.74) is 4.08. The molecule has 1 aromatic carbocycles. The van der Waals surface area contributed by atoms with Gasteiger partial charge in [-0.1, -0.05) is 36.4 Å². The second kappa shape index (κ2) is 8.52. The number of rotatable bonds is 4. The number of aromatic nitrogens is 1. The molecular formula is C23H22N4O2Ru. The maximum absolute atomic E-state index is 12.4. The van der Waals surface area contributed by atoms with Crippen molar-refractivity contribution in [2.24, 2.45) is 0 Å². The van der Waals surface area contributed by atoms with Gasteiger partial charge in [0.25, 0.3) is 0 Å². The number of allylic oxidation sites excluding steroid dienone is 1. The van der Waals surface area contributed by atoms with Gasteiger partial charge in [0.05, 0.1) is 11.4 Å². The minimum Gasteiger partial charge on any atom is -0.365 e. The molecule has 0 saturated carbocycles. The fraction of sp³-hybridized carbons (Fsp3) is 0.261. The van der Waals surface area contributed by atoms with Crippen molar-refractivity contribution in [2.75, 3.05) is 39.3 Å². The van der Waals surface area contributed by atoms with Gasteiger partial charge < -0.3 is 14.7 Å². The maximum atomic E-state index is 12.4. The monoisotopic (exact) mass is 488 g/mol. The molecule has 3 saturated heterocycles. The number of benzene rings is 1. The zero-order valence-electron chi connectivity index (χ0n) is 16.5. The van der Waals surface area contributed by atoms with Crippen molar-refractivity contribution in [2.45, 2.75) is 0 Å². The molecule has 4 aliphatic rings. The molecule has 3 fully saturated rings. The van der Waals surface area contributed by atoms with E-state index in [0.717, 1.165) is 50.5 Å². The first-order valence-corrected chi connectivity index (χ1v) is 9.98. The van der Waals surface area contributed by atoms with Crippen molar-refractivity contribution in [1.29, 1.82) is 0 Å². The number of hydrogen-bond donors (Lipinski definition) is 0. The van der Waals surface area contributed by atoms with E-state index in [9.17, 15) is 9.59 Å². The molecule has 7 heteroatoms. The molecular weight excluding hydrogens is 465 g/mol. The Morgan fingerprint density at radius 2 is 1.30 bits per heavy atom. The van der Waals surface area contributed by atoms with Gasteiger partial charge in [0.2, 0.25) is 11.6 Å². The van der Waals surface area contributed by atoms with E-state index in [2.05, 4.69) is 17.1 Å². The molecule has 6 nitrogen and oxygen atoms in total. The van der Waals surface area contributed by atoms with Crippen LogP contribution in [0, 0.1) is 0 Å². The van der Waals surface area contributed by atoms with Crippen LogP contribution in [0.5, 0.6) is 0 Å². The molecule has 30 heavy (non-hydrogen) atoms. The molecule has 154 valence electrons. The standard InChI is InChI=1S/C12H13N3O2.C11H9N.Ru/c16-9-7-8(13-1-2-13)12(17)11(15-5-6-15)10(9)14-3-4-14;1-2-6-10(7-3-1)11-8-4-5-9-12-11;/h7H,1-6H2;1-9H;. The van der Waals surface area contributed by atoms with Crippen LogP contribution in [0.1, 0.15) is 0 Å². The van der Waals surface area contributed by atoms with Gasteiger partial charge >= 0.3 is 0 Å². The van der Waals surface area contributed by atoms with Crippen molar-refractivity contribution >= 4 is 11.6 Å². The van der Waals surface area contributed by atoms with Gasteiger partial charge in [-0.25, -0.2) is 0 Å². The van der Waals surface area contributed by atoms with E-state index in [4.69, 9.17) is 0 Å². The third-order valence-corrected chi connectivity index (χ3v) is 5.22. The van der Waals surface area contributed by atoms with Crippen LogP contribution >= 0.6 is 0 Å². The number of ketones is 2. The van der Waals surface area contributed by atoms with Crippen LogP contribution < -0.4 is 0 Å². The van der Waals surface area contributed by atoms with Gasteiger partial charge in [-0.3, -0.25) is 14.6 Å². The zero-order chi connectivity index (χ0) is 19.8. The van der Waals surface area contributed by atoms with Crippen LogP contribution in [-0.4, -0.2) is 70.5 Å². The van der Waals surface area contributed by atoms with E-state index in [1.54, 1.807) is 0 Å². The Kier molecular flexibility index (Phi) is 5.82. The summed E-state index contributed by atoms with van der Waals surface area (Å²) in [4.78, 5) is 34.7. The van der Waals surface area contributed by atoms with Crippen LogP contribution in [0.15, 0.2) is 77.9 Å². The summed E-state index contributed by atoms with van der Waals surface area (Å²) in [6, 6.07) is 16.1. The van der Waals surface area contributed by atoms with Crippen LogP contribution in [0.4, 0.5) is 0 Å². The van der Waals surface area contributed by atoms with Gasteiger partial charge in [0.15, 0.2) is 0 Å². The summed E-state index contributed by atoms with van der Waals surface area (Å²) in [5.74, 6) is 0.0485. The molecule has 0 radical (unpaired) electrons. The minimum atomic E-state index is 0. The summed E-state index contributed by atoms with van der Waals surface area (Å²) in [6.07, 6.45) is 3.33. The second-order valence-electron chi connectivity index (χ2n) is 7.46. The molecule has 1 aromatic heterocycles. The fourth-order valence-corrected chi connectivity index (χ4v) is 3.42. The summed E-state index contributed by atoms with van der Waals surface area (Å²) in [7, 11) is 0. The van der Waals surface area contributed by atoms with Gasteiger partial charge in [0.1, 0.15) is 11.4 Å². The van der Waals surface area contributed by atoms with E-state index in [-0.39, 0.29) is 31.0 Å². The predicted molar refractivity (Wildman–Crippen MR) is 110 cm³/mol. The van der Waals surface area contributed by atoms with Gasteiger partial charge in [-0.05, 0) is 12.1 Å². The van der Waals surface area contributed by atoms with Crippen molar-refractivity contribution in [1.82, 2.24) is 19.7 Å². The third-order valence-electron chi connectivity index (χ3n) is 5.22. The quantitative estimate of drug-likeness (QED) is 0.373. The predicted octanol–water partition coefficient (Wildman–Crippen LogP) is 1.93. The van der Waals surface area contributed by atoms with E-state index in [0.29, 0.717) is 17.1 Å². The zero-order valence-corrected chi connectivity index (χ0v) is 18.2. The van der Waals surface area contributed by atoms with E-state index >= 15 is 0 Å². The Hall–Kier alpha value is -2.79. The third kappa shape index (κ3) is 4.36. The van der Waals surface area contributed by atoms with E-state index < -0.39 is 0 Å². The number of Topliss-reactive ketones (excluding diaryl/α,β-unsaturated/α-hetero) is 1. The first-order valence-electron chi connectivity index (χ1n) is 9.98. The minimum absolute atomic E-state index is 0. The Morgan fingerprint density at radius 3 is 1.87 bits per heavy atom. The Bertz CT molecular complexity index is 971. The summed E-state index contributed by atoms with van der Waals surface area (Å²) in [5, 5.41) is 0. The normalized spacial score (nSPS) is 18.9. The molecule has 1 aliphatic carbocycles. The number of carbonyl (C=O) groups is 2. The number of nitrogens with zero attached hydrogens (tertiary/aromatic N) is 4. The average molecular weight is 488 g/mol. The van der Waals surface area contributed by atoms with Crippen molar-refractivity contribution in [3.63, 3.8) is 0 Å². The Labute approximate surface area is 188 Å². The van der Waals surface area contributed by atoms with Crippen LogP contribution in [0.25, 0.3) is 11.3 Å². The molecule has 0 spiro atoms. The Balaban J connectivity index is 0.000000149. The van der Waals surface area contributed by atoms with E-state index in [1.807, 2.05) is 57.3 Å². The summed E-state index contributed by atoms with van der Waals surface area (Å²) < 4.78 is 0. The molecule has 2 aromatic rings. The van der Waals surface area contributed by atoms with Crippen LogP contribution in [0.3, 0.4) is 0 Å². The molecule has 4 heterocycles. The van der Waals surface area contributed by atoms with Gasteiger partial charge in [-0.2, -0.15) is 0 Å². The maximum Gasteiger partial charge on any atom is 0.227 e. The molecule has 0 N–H and O–H groups in total. The van der Waals surface area contributed by atoms with Crippen molar-refractivity contribution in [3.8, 4) is 11.3 Å². The fourth-order valence-electron chi connectivity index (χ4n) is 3.42. The molecule has 3 aliphatic heterocycles. The molecule has 6 rings (SSSR count). The van der Waals surface area contributed by atoms with Crippen molar-refractivity contribution < 1.29 is 29.1 Å². The van der Waals surface area contributed by atoms with Crippen molar-refractivity contribution in [3.05, 3.63) is 77.9 Å². The van der Waals surface area contributed by atoms with E-state index in [1.165, 1.54) is 6.08 Å². The number of carbonyl (C=O) groups excluding carboxylic acids is 2. The smallest absolute Gasteiger partial charge is 0.227 e. The Morgan fingerprint density at radius 1 is 0.700 bits per heavy atom. The summed E-state index contributed by atoms with van der Waals surface area (Å²) >= 11 is 0. The first kappa shape index (κ1) is 20.5. The number of pyridine rings is 1. The molecule has 0 atom stereocenters. The van der Waals surface area contributed by atoms with Gasteiger partial charge in [-0.15, -0.1) is 0 Å². The van der Waals surface area contributed by atoms with Crippen LogP contribution in [0.2, 0.25) is 0 Å². The first-order chi connectivity index (χ1) is 14.2. The largest absolute Gasteiger partial charge is 0.365 e. The topological polar surface area (TPSA) is 56.1 Å². The summed E-state index contributed by atoms with van der Waals surface area (Å²) in [6.45, 7) is 5.41. The number of hydrogen-bond acceptors (Lipinski definition) is 6. The SMILES string of the molecule is O=C1C=C(N2CC2)C(=O)C(N2CC2)=C1N1CC1.[Ru].c1ccc(-c2ccccn2)cc1.